The summed E-state index contributed by atoms with van der Waals surface area (Å²) >= 11 is 0. The quantitative estimate of drug-likeness (QED) is 0.684. The summed E-state index contributed by atoms with van der Waals surface area (Å²) in [7, 11) is 0. The number of carbonyl (C=O) groups is 1. The van der Waals surface area contributed by atoms with Crippen LogP contribution in [0.2, 0.25) is 0 Å². The highest BCUT2D eigenvalue weighted by Gasteiger charge is 2.31. The van der Waals surface area contributed by atoms with Gasteiger partial charge in [-0.25, -0.2) is 4.98 Å². The van der Waals surface area contributed by atoms with Crippen LogP contribution in [0, 0.1) is 18.3 Å². The van der Waals surface area contributed by atoms with E-state index in [1.165, 1.54) is 12.8 Å². The van der Waals surface area contributed by atoms with E-state index in [9.17, 15) is 9.90 Å². The van der Waals surface area contributed by atoms with E-state index in [1.54, 1.807) is 0 Å². The third-order valence-electron chi connectivity index (χ3n) is 6.77. The number of piperidine rings is 1. The molecule has 166 valence electrons. The molecule has 0 bridgehead atoms. The second-order valence-corrected chi connectivity index (χ2v) is 9.85. The minimum Gasteiger partial charge on any atom is -0.481 e. The van der Waals surface area contributed by atoms with Crippen LogP contribution in [0.1, 0.15) is 57.7 Å². The van der Waals surface area contributed by atoms with Crippen molar-refractivity contribution in [1.82, 2.24) is 9.97 Å². The monoisotopic (exact) mass is 423 g/mol. The van der Waals surface area contributed by atoms with Crippen molar-refractivity contribution in [3.8, 4) is 17.0 Å². The van der Waals surface area contributed by atoms with Gasteiger partial charge in [0.05, 0.1) is 12.1 Å². The van der Waals surface area contributed by atoms with Gasteiger partial charge in [0, 0.05) is 53.9 Å². The van der Waals surface area contributed by atoms with Crippen LogP contribution in [-0.4, -0.2) is 40.2 Å². The lowest BCUT2D eigenvalue weighted by Gasteiger charge is -2.40. The number of rotatable bonds is 7. The molecule has 3 heterocycles. The number of carboxylic acid groups (broad SMARTS) is 1. The second kappa shape index (κ2) is 8.48. The molecule has 0 amide bonds. The first-order valence-corrected chi connectivity index (χ1v) is 11.3. The van der Waals surface area contributed by atoms with Crippen LogP contribution in [0.15, 0.2) is 24.5 Å². The summed E-state index contributed by atoms with van der Waals surface area (Å²) in [5.41, 5.74) is 4.75. The molecule has 1 unspecified atom stereocenters. The number of anilines is 1. The van der Waals surface area contributed by atoms with Gasteiger partial charge in [0.25, 0.3) is 0 Å². The van der Waals surface area contributed by atoms with Gasteiger partial charge >= 0.3 is 5.97 Å². The second-order valence-electron chi connectivity index (χ2n) is 9.85. The lowest BCUT2D eigenvalue weighted by Crippen LogP contribution is -2.38. The molecule has 0 aromatic carbocycles. The van der Waals surface area contributed by atoms with Gasteiger partial charge in [0.15, 0.2) is 0 Å². The highest BCUT2D eigenvalue weighted by atomic mass is 16.5. The van der Waals surface area contributed by atoms with Crippen molar-refractivity contribution in [3.05, 3.63) is 35.8 Å². The van der Waals surface area contributed by atoms with Crippen LogP contribution in [0.3, 0.4) is 0 Å². The van der Waals surface area contributed by atoms with Gasteiger partial charge in [-0.15, -0.1) is 0 Å². The zero-order valence-corrected chi connectivity index (χ0v) is 19.0. The van der Waals surface area contributed by atoms with Crippen LogP contribution in [0.4, 0.5) is 5.69 Å². The molecule has 6 heteroatoms. The van der Waals surface area contributed by atoms with E-state index in [1.807, 2.05) is 31.5 Å². The summed E-state index contributed by atoms with van der Waals surface area (Å²) in [6, 6.07) is 3.92. The maximum absolute atomic E-state index is 11.6. The van der Waals surface area contributed by atoms with E-state index in [0.29, 0.717) is 17.2 Å². The molecule has 0 radical (unpaired) electrons. The highest BCUT2D eigenvalue weighted by molar-refractivity contribution is 5.84. The number of carboxylic acids is 1. The molecule has 31 heavy (non-hydrogen) atoms. The van der Waals surface area contributed by atoms with Gasteiger partial charge in [0.2, 0.25) is 5.88 Å². The van der Waals surface area contributed by atoms with Gasteiger partial charge < -0.3 is 14.7 Å². The first-order chi connectivity index (χ1) is 14.7. The Morgan fingerprint density at radius 3 is 2.52 bits per heavy atom. The molecule has 2 aromatic rings. The van der Waals surface area contributed by atoms with Crippen LogP contribution >= 0.6 is 0 Å². The molecule has 1 atom stereocenters. The topological polar surface area (TPSA) is 75.6 Å². The van der Waals surface area contributed by atoms with Gasteiger partial charge in [-0.2, -0.15) is 0 Å². The Morgan fingerprint density at radius 2 is 1.94 bits per heavy atom. The van der Waals surface area contributed by atoms with Crippen LogP contribution in [0.5, 0.6) is 5.88 Å². The summed E-state index contributed by atoms with van der Waals surface area (Å²) in [6.45, 7) is 10.4. The molecule has 2 aromatic heterocycles. The zero-order chi connectivity index (χ0) is 22.2. The molecule has 1 saturated heterocycles. The fourth-order valence-corrected chi connectivity index (χ4v) is 4.37. The minimum absolute atomic E-state index is 0.0323. The van der Waals surface area contributed by atoms with E-state index in [-0.39, 0.29) is 12.5 Å². The summed E-state index contributed by atoms with van der Waals surface area (Å²) in [5, 5.41) is 9.55. The van der Waals surface area contributed by atoms with Crippen molar-refractivity contribution in [1.29, 1.82) is 0 Å². The molecular weight excluding hydrogens is 390 g/mol. The summed E-state index contributed by atoms with van der Waals surface area (Å²) < 4.78 is 5.98. The van der Waals surface area contributed by atoms with Gasteiger partial charge in [-0.1, -0.05) is 13.8 Å². The van der Waals surface area contributed by atoms with Gasteiger partial charge in [-0.3, -0.25) is 9.78 Å². The molecule has 2 aliphatic rings. The third kappa shape index (κ3) is 5.00. The fraction of sp³-hybridized carbons (Fsp3) is 0.560. The molecule has 1 saturated carbocycles. The van der Waals surface area contributed by atoms with E-state index in [4.69, 9.17) is 4.74 Å². The number of aromatic nitrogens is 2. The summed E-state index contributed by atoms with van der Waals surface area (Å²) in [6.07, 6.45) is 8.45. The van der Waals surface area contributed by atoms with E-state index < -0.39 is 5.97 Å². The average molecular weight is 424 g/mol. The first-order valence-electron chi connectivity index (χ1n) is 11.3. The maximum Gasteiger partial charge on any atom is 0.307 e. The maximum atomic E-state index is 11.6. The van der Waals surface area contributed by atoms with Crippen LogP contribution < -0.4 is 9.64 Å². The van der Waals surface area contributed by atoms with E-state index >= 15 is 0 Å². The SMILES string of the molecule is Cc1ncc(-c2ccc(OC(C)C3CC3)nc2)c(N2CCC(C)(C)CC2)c1CC(=O)O. The van der Waals surface area contributed by atoms with Crippen molar-refractivity contribution < 1.29 is 14.6 Å². The van der Waals surface area contributed by atoms with Crippen molar-refractivity contribution in [2.24, 2.45) is 11.3 Å². The smallest absolute Gasteiger partial charge is 0.307 e. The van der Waals surface area contributed by atoms with Crippen LogP contribution in [0.25, 0.3) is 11.1 Å². The summed E-state index contributed by atoms with van der Waals surface area (Å²) in [5.74, 6) is 0.447. The van der Waals surface area contributed by atoms with E-state index in [0.717, 1.165) is 54.0 Å². The number of aliphatic carboxylic acids is 1. The normalized spacial score (nSPS) is 19.2. The molecule has 0 spiro atoms. The summed E-state index contributed by atoms with van der Waals surface area (Å²) in [4.78, 5) is 23.1. The predicted molar refractivity (Wildman–Crippen MR) is 122 cm³/mol. The standard InChI is InChI=1S/C25H33N3O3/c1-16-20(13-23(29)30)24(28-11-9-25(3,4)10-12-28)21(15-26-16)19-7-8-22(27-14-19)31-17(2)18-5-6-18/h7-8,14-15,17-18H,5-6,9-13H2,1-4H3,(H,29,30). The van der Waals surface area contributed by atoms with Crippen molar-refractivity contribution in [3.63, 3.8) is 0 Å². The Kier molecular flexibility index (Phi) is 5.91. The Morgan fingerprint density at radius 1 is 1.23 bits per heavy atom. The minimum atomic E-state index is -0.837. The number of hydrogen-bond donors (Lipinski definition) is 1. The zero-order valence-electron chi connectivity index (χ0n) is 19.0. The molecular formula is C25H33N3O3. The van der Waals surface area contributed by atoms with E-state index in [2.05, 4.69) is 35.6 Å². The highest BCUT2D eigenvalue weighted by Crippen LogP contribution is 2.40. The third-order valence-corrected chi connectivity index (χ3v) is 6.77. The Bertz CT molecular complexity index is 941. The van der Waals surface area contributed by atoms with Crippen LogP contribution in [-0.2, 0) is 11.2 Å². The number of aryl methyl sites for hydroxylation is 1. The first kappa shape index (κ1) is 21.6. The molecule has 6 nitrogen and oxygen atoms in total. The average Bonchev–Trinajstić information content (AvgIpc) is 3.56. The molecule has 1 aliphatic heterocycles. The van der Waals surface area contributed by atoms with Gasteiger partial charge in [-0.05, 0) is 56.9 Å². The number of nitrogens with zero attached hydrogens (tertiary/aromatic N) is 3. The van der Waals surface area contributed by atoms with Gasteiger partial charge in [0.1, 0.15) is 6.10 Å². The number of pyridine rings is 2. The number of ether oxygens (including phenoxy) is 1. The van der Waals surface area contributed by atoms with Crippen molar-refractivity contribution >= 4 is 11.7 Å². The molecule has 1 N–H and O–H groups in total. The lowest BCUT2D eigenvalue weighted by molar-refractivity contribution is -0.136. The number of hydrogen-bond acceptors (Lipinski definition) is 5. The Labute approximate surface area is 184 Å². The molecule has 4 rings (SSSR count). The Hall–Kier alpha value is -2.63. The van der Waals surface area contributed by atoms with Crippen molar-refractivity contribution in [2.75, 3.05) is 18.0 Å². The predicted octanol–water partition coefficient (Wildman–Crippen LogP) is 4.88. The fourth-order valence-electron chi connectivity index (χ4n) is 4.37. The van der Waals surface area contributed by atoms with Crippen molar-refractivity contribution in [2.45, 2.75) is 65.9 Å². The lowest BCUT2D eigenvalue weighted by atomic mass is 9.82. The largest absolute Gasteiger partial charge is 0.481 e. The molecule has 2 fully saturated rings. The molecule has 1 aliphatic carbocycles. The Balaban J connectivity index is 1.68.